The molecule has 158 valence electrons. The summed E-state index contributed by atoms with van der Waals surface area (Å²) in [5, 5.41) is 11.8. The van der Waals surface area contributed by atoms with Crippen molar-refractivity contribution in [2.75, 3.05) is 20.8 Å². The van der Waals surface area contributed by atoms with E-state index in [1.807, 2.05) is 6.92 Å². The summed E-state index contributed by atoms with van der Waals surface area (Å²) in [6, 6.07) is 9.96. The Labute approximate surface area is 185 Å². The number of ether oxygens (including phenoxy) is 2. The first-order chi connectivity index (χ1) is 14.3. The number of carbonyl (C=O) groups is 2. The van der Waals surface area contributed by atoms with Crippen LogP contribution in [0, 0.1) is 12.8 Å². The number of allylic oxidation sites excluding steroid dienone is 1. The number of aryl methyl sites for hydroxylation is 1. The molecular weight excluding hydrogens is 427 g/mol. The van der Waals surface area contributed by atoms with Gasteiger partial charge >= 0.3 is 0 Å². The number of hydrogen-bond donors (Lipinski definition) is 1. The van der Waals surface area contributed by atoms with Crippen LogP contribution in [0.3, 0.4) is 0 Å². The smallest absolute Gasteiger partial charge is 0.229 e. The Kier molecular flexibility index (Phi) is 6.86. The Morgan fingerprint density at radius 1 is 1.10 bits per heavy atom. The zero-order valence-corrected chi connectivity index (χ0v) is 18.4. The Balaban J connectivity index is 2.20. The zero-order chi connectivity index (χ0) is 22.0. The fourth-order valence-corrected chi connectivity index (χ4v) is 4.43. The highest BCUT2D eigenvalue weighted by Gasteiger charge is 2.48. The number of methoxy groups -OCH3 is 2. The summed E-state index contributed by atoms with van der Waals surface area (Å²) < 4.78 is 10.4. The molecule has 3 rings (SSSR count). The van der Waals surface area contributed by atoms with E-state index < -0.39 is 23.4 Å². The van der Waals surface area contributed by atoms with Crippen LogP contribution in [-0.2, 0) is 14.3 Å². The van der Waals surface area contributed by atoms with Crippen LogP contribution in [0.1, 0.15) is 29.0 Å². The molecule has 2 aromatic rings. The normalized spacial score (nSPS) is 20.6. The third kappa shape index (κ3) is 4.10. The Bertz CT molecular complexity index is 1030. The number of halogens is 2. The van der Waals surface area contributed by atoms with Gasteiger partial charge in [0.05, 0.1) is 12.7 Å². The number of ketones is 2. The molecule has 0 saturated heterocycles. The molecule has 7 heteroatoms. The first kappa shape index (κ1) is 22.3. The average Bonchev–Trinajstić information content (AvgIpc) is 2.96. The summed E-state index contributed by atoms with van der Waals surface area (Å²) in [6.45, 7) is 2.12. The van der Waals surface area contributed by atoms with E-state index in [2.05, 4.69) is 0 Å². The van der Waals surface area contributed by atoms with Crippen LogP contribution in [0.4, 0.5) is 0 Å². The lowest BCUT2D eigenvalue weighted by Gasteiger charge is -2.21. The molecule has 30 heavy (non-hydrogen) atoms. The van der Waals surface area contributed by atoms with Gasteiger partial charge < -0.3 is 14.6 Å². The van der Waals surface area contributed by atoms with Crippen LogP contribution in [-0.4, -0.2) is 37.5 Å². The highest BCUT2D eigenvalue weighted by atomic mass is 35.5. The summed E-state index contributed by atoms with van der Waals surface area (Å²) in [7, 11) is 3.08. The number of Topliss-reactive ketones (excluding diaryl/α,β-unsaturated/α-hetero) is 2. The Morgan fingerprint density at radius 3 is 2.43 bits per heavy atom. The molecule has 0 bridgehead atoms. The summed E-state index contributed by atoms with van der Waals surface area (Å²) in [5.74, 6) is -2.25. The highest BCUT2D eigenvalue weighted by molar-refractivity contribution is 6.49. The van der Waals surface area contributed by atoms with Crippen molar-refractivity contribution in [2.24, 2.45) is 5.92 Å². The summed E-state index contributed by atoms with van der Waals surface area (Å²) in [6.07, 6.45) is 0.323. The highest BCUT2D eigenvalue weighted by Crippen LogP contribution is 2.46. The van der Waals surface area contributed by atoms with E-state index in [1.54, 1.807) is 43.5 Å². The van der Waals surface area contributed by atoms with Crippen LogP contribution in [0.5, 0.6) is 5.75 Å². The molecule has 0 aromatic heterocycles. The van der Waals surface area contributed by atoms with E-state index in [-0.39, 0.29) is 11.3 Å². The average molecular weight is 449 g/mol. The van der Waals surface area contributed by atoms with Crippen LogP contribution < -0.4 is 4.74 Å². The van der Waals surface area contributed by atoms with Crippen molar-refractivity contribution in [1.29, 1.82) is 0 Å². The fraction of sp³-hybridized carbons (Fsp3) is 0.304. The molecule has 0 heterocycles. The molecule has 0 amide bonds. The third-order valence-corrected chi connectivity index (χ3v) is 5.93. The maximum absolute atomic E-state index is 13.0. The molecule has 2 unspecified atom stereocenters. The molecule has 0 aliphatic heterocycles. The van der Waals surface area contributed by atoms with Gasteiger partial charge in [-0.2, -0.15) is 0 Å². The molecule has 1 aliphatic carbocycles. The second-order valence-electron chi connectivity index (χ2n) is 7.17. The number of hydrogen-bond acceptors (Lipinski definition) is 5. The van der Waals surface area contributed by atoms with Crippen molar-refractivity contribution in [2.45, 2.75) is 19.3 Å². The summed E-state index contributed by atoms with van der Waals surface area (Å²) in [5.41, 5.74) is 1.81. The predicted molar refractivity (Wildman–Crippen MR) is 116 cm³/mol. The molecule has 0 radical (unpaired) electrons. The molecule has 1 N–H and O–H groups in total. The van der Waals surface area contributed by atoms with Crippen molar-refractivity contribution in [3.8, 4) is 5.75 Å². The maximum Gasteiger partial charge on any atom is 0.229 e. The second kappa shape index (κ2) is 9.21. The minimum Gasteiger partial charge on any atom is -0.507 e. The monoisotopic (exact) mass is 448 g/mol. The lowest BCUT2D eigenvalue weighted by atomic mass is 9.83. The molecule has 1 saturated carbocycles. The first-order valence-electron chi connectivity index (χ1n) is 9.40. The first-order valence-corrected chi connectivity index (χ1v) is 10.2. The molecule has 1 aliphatic rings. The van der Waals surface area contributed by atoms with Gasteiger partial charge in [0.25, 0.3) is 0 Å². The van der Waals surface area contributed by atoms with Crippen LogP contribution in [0.25, 0.3) is 5.76 Å². The predicted octanol–water partition coefficient (Wildman–Crippen LogP) is 5.17. The summed E-state index contributed by atoms with van der Waals surface area (Å²) >= 11 is 12.5. The van der Waals surface area contributed by atoms with Crippen molar-refractivity contribution < 1.29 is 24.2 Å². The SMILES string of the molecule is COCCC1C(=O)C(=O)C(=C(O)c2ccc(OC)c(C)c2)C1c1ccc(Cl)cc1Cl. The zero-order valence-electron chi connectivity index (χ0n) is 16.9. The van der Waals surface area contributed by atoms with Crippen LogP contribution in [0.15, 0.2) is 42.0 Å². The van der Waals surface area contributed by atoms with E-state index in [4.69, 9.17) is 32.7 Å². The number of aliphatic hydroxyl groups is 1. The van der Waals surface area contributed by atoms with Crippen LogP contribution in [0.2, 0.25) is 10.0 Å². The fourth-order valence-electron chi connectivity index (χ4n) is 3.90. The topological polar surface area (TPSA) is 72.8 Å². The number of benzene rings is 2. The van der Waals surface area contributed by atoms with Gasteiger partial charge in [-0.05, 0) is 54.8 Å². The molecule has 2 atom stereocenters. The minimum atomic E-state index is -0.710. The number of aliphatic hydroxyl groups excluding tert-OH is 1. The van der Waals surface area contributed by atoms with Gasteiger partial charge in [-0.15, -0.1) is 0 Å². The molecule has 2 aromatic carbocycles. The van der Waals surface area contributed by atoms with Crippen molar-refractivity contribution in [3.63, 3.8) is 0 Å². The van der Waals surface area contributed by atoms with E-state index in [1.165, 1.54) is 7.11 Å². The van der Waals surface area contributed by atoms with Crippen molar-refractivity contribution in [1.82, 2.24) is 0 Å². The van der Waals surface area contributed by atoms with Crippen molar-refractivity contribution >= 4 is 40.5 Å². The minimum absolute atomic E-state index is 0.0369. The summed E-state index contributed by atoms with van der Waals surface area (Å²) in [4.78, 5) is 25.8. The number of carbonyl (C=O) groups excluding carboxylic acids is 2. The molecular formula is C23H22Cl2O5. The quantitative estimate of drug-likeness (QED) is 0.374. The second-order valence-corrected chi connectivity index (χ2v) is 8.02. The van der Waals surface area contributed by atoms with E-state index >= 15 is 0 Å². The molecule has 0 spiro atoms. The number of rotatable bonds is 6. The standard InChI is InChI=1S/C23H22Cl2O5/c1-12-10-13(4-7-18(12)30-3)21(26)20-19(15-6-5-14(24)11-17(15)25)16(8-9-29-2)22(27)23(20)28/h4-7,10-11,16,19,26H,8-9H2,1-3H3. The van der Waals surface area contributed by atoms with E-state index in [0.29, 0.717) is 39.9 Å². The lowest BCUT2D eigenvalue weighted by Crippen LogP contribution is -2.18. The van der Waals surface area contributed by atoms with E-state index in [0.717, 1.165) is 5.56 Å². The van der Waals surface area contributed by atoms with Crippen LogP contribution >= 0.6 is 23.2 Å². The van der Waals surface area contributed by atoms with Gasteiger partial charge in [0.1, 0.15) is 11.5 Å². The van der Waals surface area contributed by atoms with Gasteiger partial charge in [-0.1, -0.05) is 29.3 Å². The largest absolute Gasteiger partial charge is 0.507 e. The lowest BCUT2D eigenvalue weighted by molar-refractivity contribution is -0.134. The molecule has 1 fully saturated rings. The Morgan fingerprint density at radius 2 is 1.83 bits per heavy atom. The Hall–Kier alpha value is -2.34. The van der Waals surface area contributed by atoms with Gasteiger partial charge in [0.2, 0.25) is 11.6 Å². The third-order valence-electron chi connectivity index (χ3n) is 5.37. The maximum atomic E-state index is 13.0. The van der Waals surface area contributed by atoms with Gasteiger partial charge in [0, 0.05) is 41.2 Å². The van der Waals surface area contributed by atoms with E-state index in [9.17, 15) is 14.7 Å². The van der Waals surface area contributed by atoms with Gasteiger partial charge in [0.15, 0.2) is 0 Å². The molecule has 5 nitrogen and oxygen atoms in total. The van der Waals surface area contributed by atoms with Crippen molar-refractivity contribution in [3.05, 3.63) is 68.7 Å². The van der Waals surface area contributed by atoms with Gasteiger partial charge in [-0.25, -0.2) is 0 Å². The van der Waals surface area contributed by atoms with Gasteiger partial charge in [-0.3, -0.25) is 9.59 Å².